The Labute approximate surface area is 139 Å². The molecule has 0 aliphatic carbocycles. The lowest BCUT2D eigenvalue weighted by molar-refractivity contribution is 0.0730. The minimum atomic E-state index is -0.470. The number of nitrogens with one attached hydrogen (secondary N) is 1. The van der Waals surface area contributed by atoms with Crippen molar-refractivity contribution in [2.24, 2.45) is 5.92 Å². The molecular weight excluding hydrogens is 306 g/mol. The second-order valence-electron chi connectivity index (χ2n) is 7.07. The molecule has 1 N–H and O–H groups in total. The van der Waals surface area contributed by atoms with Crippen molar-refractivity contribution >= 4 is 22.8 Å². The Morgan fingerprint density at radius 1 is 1.12 bits per heavy atom. The lowest BCUT2D eigenvalue weighted by Crippen LogP contribution is -2.35. The average Bonchev–Trinajstić information content (AvgIpc) is 2.51. The summed E-state index contributed by atoms with van der Waals surface area (Å²) >= 11 is 0. The molecule has 1 aromatic carbocycles. The molecule has 124 valence electrons. The Balaban J connectivity index is 2.16. The maximum atomic E-state index is 12.9. The highest BCUT2D eigenvalue weighted by molar-refractivity contribution is 6.14. The number of carbonyl (C=O) groups excluding carboxylic acids is 1. The number of H-pyrrole nitrogens is 1. The quantitative estimate of drug-likeness (QED) is 0.807. The molecule has 0 saturated carbocycles. The molecule has 0 amide bonds. The van der Waals surface area contributed by atoms with Crippen molar-refractivity contribution in [3.63, 3.8) is 0 Å². The zero-order valence-electron chi connectivity index (χ0n) is 14.1. The van der Waals surface area contributed by atoms with Crippen molar-refractivity contribution in [3.8, 4) is 11.5 Å². The lowest BCUT2D eigenvalue weighted by atomic mass is 9.86. The first-order chi connectivity index (χ1) is 11.3. The summed E-state index contributed by atoms with van der Waals surface area (Å²) in [6, 6.07) is 3.16. The third kappa shape index (κ3) is 2.00. The van der Waals surface area contributed by atoms with Gasteiger partial charge in [-0.1, -0.05) is 6.92 Å². The van der Waals surface area contributed by atoms with E-state index in [0.29, 0.717) is 22.6 Å². The van der Waals surface area contributed by atoms with Gasteiger partial charge in [-0.3, -0.25) is 9.59 Å². The Hall–Kier alpha value is -2.56. The van der Waals surface area contributed by atoms with E-state index in [0.717, 1.165) is 10.9 Å². The van der Waals surface area contributed by atoms with Crippen LogP contribution in [0, 0.1) is 5.92 Å². The van der Waals surface area contributed by atoms with Crippen LogP contribution in [-0.2, 0) is 0 Å². The summed E-state index contributed by atoms with van der Waals surface area (Å²) in [5, 5.41) is 0.722. The van der Waals surface area contributed by atoms with Crippen molar-refractivity contribution in [1.29, 1.82) is 0 Å². The van der Waals surface area contributed by atoms with E-state index in [4.69, 9.17) is 9.47 Å². The van der Waals surface area contributed by atoms with Gasteiger partial charge in [0.05, 0.1) is 22.6 Å². The van der Waals surface area contributed by atoms with Gasteiger partial charge in [-0.2, -0.15) is 0 Å². The van der Waals surface area contributed by atoms with E-state index in [1.54, 1.807) is 6.07 Å². The highest BCUT2D eigenvalue weighted by Gasteiger charge is 2.38. The number of fused-ring (bicyclic) bond motifs is 6. The van der Waals surface area contributed by atoms with Crippen molar-refractivity contribution in [2.75, 3.05) is 0 Å². The first-order valence-electron chi connectivity index (χ1n) is 8.10. The van der Waals surface area contributed by atoms with Crippen molar-refractivity contribution < 1.29 is 14.3 Å². The van der Waals surface area contributed by atoms with Crippen LogP contribution in [0.2, 0.25) is 0 Å². The number of aromatic nitrogens is 1. The number of aromatic amines is 1. The van der Waals surface area contributed by atoms with Gasteiger partial charge in [0.15, 0.2) is 5.78 Å². The standard InChI is InChI=1S/C19H19NO4/c1-9-10(2)23-18-12-7-8-19(3,4)24-17(12)11-5-6-13(21)20-15(11)14(18)16(9)22/h5-10H,1-4H3,(H,20,21)/t9-,10+/m0/s1. The number of pyridine rings is 1. The van der Waals surface area contributed by atoms with Gasteiger partial charge in [-0.25, -0.2) is 0 Å². The van der Waals surface area contributed by atoms with Crippen molar-refractivity contribution in [1.82, 2.24) is 4.98 Å². The minimum Gasteiger partial charge on any atom is -0.488 e. The molecule has 2 aliphatic heterocycles. The molecule has 2 atom stereocenters. The third-order valence-electron chi connectivity index (χ3n) is 4.81. The van der Waals surface area contributed by atoms with Crippen LogP contribution in [0.4, 0.5) is 0 Å². The van der Waals surface area contributed by atoms with Gasteiger partial charge in [0, 0.05) is 11.5 Å². The Kier molecular flexibility index (Phi) is 2.95. The maximum Gasteiger partial charge on any atom is 0.248 e. The van der Waals surface area contributed by atoms with Crippen LogP contribution in [0.1, 0.15) is 43.6 Å². The molecule has 0 saturated heterocycles. The fourth-order valence-corrected chi connectivity index (χ4v) is 3.29. The molecule has 0 fully saturated rings. The smallest absolute Gasteiger partial charge is 0.248 e. The monoisotopic (exact) mass is 325 g/mol. The molecule has 0 unspecified atom stereocenters. The summed E-state index contributed by atoms with van der Waals surface area (Å²) < 4.78 is 12.2. The van der Waals surface area contributed by atoms with Crippen LogP contribution >= 0.6 is 0 Å². The van der Waals surface area contributed by atoms with Gasteiger partial charge < -0.3 is 14.5 Å². The second kappa shape index (κ2) is 4.72. The molecule has 2 aliphatic rings. The number of benzene rings is 1. The SMILES string of the molecule is C[C@@H]1C(=O)c2c(c3c(c4ccc(=O)[nH]c24)OC(C)(C)C=C3)O[C@@H]1C. The van der Waals surface area contributed by atoms with E-state index in [-0.39, 0.29) is 23.4 Å². The van der Waals surface area contributed by atoms with E-state index in [9.17, 15) is 9.59 Å². The van der Waals surface area contributed by atoms with Crippen LogP contribution < -0.4 is 15.0 Å². The number of ketones is 1. The predicted octanol–water partition coefficient (Wildman–Crippen LogP) is 3.31. The largest absolute Gasteiger partial charge is 0.488 e. The van der Waals surface area contributed by atoms with E-state index >= 15 is 0 Å². The fraction of sp³-hybridized carbons (Fsp3) is 0.368. The Morgan fingerprint density at radius 3 is 2.62 bits per heavy atom. The number of rotatable bonds is 0. The molecule has 0 spiro atoms. The molecule has 5 nitrogen and oxygen atoms in total. The summed E-state index contributed by atoms with van der Waals surface area (Å²) in [7, 11) is 0. The summed E-state index contributed by atoms with van der Waals surface area (Å²) in [5.74, 6) is 0.854. The van der Waals surface area contributed by atoms with Gasteiger partial charge in [0.1, 0.15) is 23.2 Å². The molecule has 3 heterocycles. The third-order valence-corrected chi connectivity index (χ3v) is 4.81. The highest BCUT2D eigenvalue weighted by Crippen LogP contribution is 2.47. The second-order valence-corrected chi connectivity index (χ2v) is 7.07. The number of Topliss-reactive ketones (excluding diaryl/α,β-unsaturated/α-hetero) is 1. The summed E-state index contributed by atoms with van der Waals surface area (Å²) in [6.07, 6.45) is 3.66. The summed E-state index contributed by atoms with van der Waals surface area (Å²) in [4.78, 5) is 27.6. The number of carbonyl (C=O) groups is 1. The molecule has 0 bridgehead atoms. The van der Waals surface area contributed by atoms with Gasteiger partial charge in [0.2, 0.25) is 5.56 Å². The van der Waals surface area contributed by atoms with Crippen LogP contribution in [0.5, 0.6) is 11.5 Å². The number of ether oxygens (including phenoxy) is 2. The first-order valence-corrected chi connectivity index (χ1v) is 8.10. The zero-order valence-corrected chi connectivity index (χ0v) is 14.1. The molecule has 5 heteroatoms. The number of hydrogen-bond donors (Lipinski definition) is 1. The maximum absolute atomic E-state index is 12.9. The Morgan fingerprint density at radius 2 is 1.88 bits per heavy atom. The van der Waals surface area contributed by atoms with Gasteiger partial charge in [-0.15, -0.1) is 0 Å². The average molecular weight is 325 g/mol. The fourth-order valence-electron chi connectivity index (χ4n) is 3.29. The van der Waals surface area contributed by atoms with E-state index in [1.165, 1.54) is 6.07 Å². The molecule has 24 heavy (non-hydrogen) atoms. The lowest BCUT2D eigenvalue weighted by Gasteiger charge is -2.34. The topological polar surface area (TPSA) is 68.4 Å². The minimum absolute atomic E-state index is 0.0170. The van der Waals surface area contributed by atoms with Crippen molar-refractivity contribution in [3.05, 3.63) is 39.7 Å². The highest BCUT2D eigenvalue weighted by atomic mass is 16.5. The van der Waals surface area contributed by atoms with Gasteiger partial charge in [-0.05, 0) is 39.0 Å². The molecule has 0 radical (unpaired) electrons. The Bertz CT molecular complexity index is 967. The molecule has 2 aromatic rings. The van der Waals surface area contributed by atoms with Crippen LogP contribution in [0.15, 0.2) is 23.0 Å². The van der Waals surface area contributed by atoms with Crippen molar-refractivity contribution in [2.45, 2.75) is 39.4 Å². The van der Waals surface area contributed by atoms with E-state index in [1.807, 2.05) is 39.8 Å². The number of hydrogen-bond acceptors (Lipinski definition) is 4. The summed E-state index contributed by atoms with van der Waals surface area (Å²) in [5.41, 5.74) is 0.971. The van der Waals surface area contributed by atoms with E-state index in [2.05, 4.69) is 4.98 Å². The molecular formula is C19H19NO4. The van der Waals surface area contributed by atoms with Crippen LogP contribution in [-0.4, -0.2) is 22.5 Å². The van der Waals surface area contributed by atoms with Crippen LogP contribution in [0.25, 0.3) is 17.0 Å². The molecule has 4 rings (SSSR count). The normalized spacial score (nSPS) is 24.1. The van der Waals surface area contributed by atoms with Gasteiger partial charge >= 0.3 is 0 Å². The first kappa shape index (κ1) is 15.0. The molecule has 1 aromatic heterocycles. The van der Waals surface area contributed by atoms with E-state index < -0.39 is 5.60 Å². The predicted molar refractivity (Wildman–Crippen MR) is 91.9 cm³/mol. The van der Waals surface area contributed by atoms with Crippen LogP contribution in [0.3, 0.4) is 0 Å². The summed E-state index contributed by atoms with van der Waals surface area (Å²) in [6.45, 7) is 7.64. The zero-order chi connectivity index (χ0) is 17.2. The van der Waals surface area contributed by atoms with Gasteiger partial charge in [0.25, 0.3) is 0 Å².